The molecule has 2 aromatic rings. The van der Waals surface area contributed by atoms with E-state index in [0.29, 0.717) is 28.1 Å². The summed E-state index contributed by atoms with van der Waals surface area (Å²) in [6.07, 6.45) is 1.53. The first kappa shape index (κ1) is 26.2. The summed E-state index contributed by atoms with van der Waals surface area (Å²) in [6, 6.07) is 9.35. The van der Waals surface area contributed by atoms with E-state index < -0.39 is 28.6 Å². The zero-order valence-corrected chi connectivity index (χ0v) is 21.2. The molecule has 1 heterocycles. The van der Waals surface area contributed by atoms with Gasteiger partial charge in [-0.2, -0.15) is 0 Å². The van der Waals surface area contributed by atoms with Crippen molar-refractivity contribution in [3.63, 3.8) is 0 Å². The largest absolute Gasteiger partial charge is 0.490 e. The molecule has 10 nitrogen and oxygen atoms in total. The maximum Gasteiger partial charge on any atom is 0.326 e. The van der Waals surface area contributed by atoms with Crippen LogP contribution in [0.15, 0.2) is 45.8 Å². The van der Waals surface area contributed by atoms with E-state index in [2.05, 4.69) is 15.9 Å². The highest BCUT2D eigenvalue weighted by atomic mass is 79.9. The summed E-state index contributed by atoms with van der Waals surface area (Å²) in [6.45, 7) is 3.65. The van der Waals surface area contributed by atoms with Crippen LogP contribution < -0.4 is 9.47 Å². The highest BCUT2D eigenvalue weighted by Crippen LogP contribution is 2.38. The average molecular weight is 565 g/mol. The van der Waals surface area contributed by atoms with Crippen LogP contribution in [-0.4, -0.2) is 46.7 Å². The zero-order valence-electron chi connectivity index (χ0n) is 18.8. The Morgan fingerprint density at radius 2 is 1.80 bits per heavy atom. The molecule has 0 spiro atoms. The summed E-state index contributed by atoms with van der Waals surface area (Å²) in [5.41, 5.74) is 1.29. The molecule has 2 amide bonds. The first-order valence-electron chi connectivity index (χ1n) is 10.5. The molecule has 1 aliphatic rings. The Bertz CT molecular complexity index is 1180. The van der Waals surface area contributed by atoms with Crippen LogP contribution >= 0.6 is 27.7 Å². The van der Waals surface area contributed by atoms with Crippen molar-refractivity contribution >= 4 is 56.6 Å². The van der Waals surface area contributed by atoms with Crippen LogP contribution in [0.25, 0.3) is 6.08 Å². The van der Waals surface area contributed by atoms with E-state index in [9.17, 15) is 24.5 Å². The molecule has 0 unspecified atom stereocenters. The number of imide groups is 1. The molecular weight excluding hydrogens is 544 g/mol. The third-order valence-electron chi connectivity index (χ3n) is 4.66. The summed E-state index contributed by atoms with van der Waals surface area (Å²) in [4.78, 5) is 48.0. The Labute approximate surface area is 213 Å². The third-order valence-corrected chi connectivity index (χ3v) is 6.25. The maximum atomic E-state index is 12.7. The molecule has 0 N–H and O–H groups in total. The number of halogens is 1. The number of esters is 1. The number of amides is 2. The number of thioether (sulfide) groups is 1. The lowest BCUT2D eigenvalue weighted by molar-refractivity contribution is -0.384. The van der Waals surface area contributed by atoms with Crippen LogP contribution in [0, 0.1) is 10.1 Å². The summed E-state index contributed by atoms with van der Waals surface area (Å²) in [5, 5.41) is 10.3. The van der Waals surface area contributed by atoms with Crippen LogP contribution in [0.3, 0.4) is 0 Å². The zero-order chi connectivity index (χ0) is 25.5. The molecule has 3 rings (SSSR count). The van der Waals surface area contributed by atoms with E-state index in [-0.39, 0.29) is 23.8 Å². The summed E-state index contributed by atoms with van der Waals surface area (Å²) in [7, 11) is 0. The van der Waals surface area contributed by atoms with Crippen molar-refractivity contribution in [3.8, 4) is 11.5 Å². The van der Waals surface area contributed by atoms with Crippen molar-refractivity contribution in [2.45, 2.75) is 20.5 Å². The molecule has 0 saturated carbocycles. The Balaban J connectivity index is 1.80. The number of hydrogen-bond acceptors (Lipinski definition) is 9. The highest BCUT2D eigenvalue weighted by Gasteiger charge is 2.36. The molecule has 0 aliphatic carbocycles. The normalized spacial score (nSPS) is 14.4. The van der Waals surface area contributed by atoms with Crippen molar-refractivity contribution < 1.29 is 33.5 Å². The van der Waals surface area contributed by atoms with E-state index in [0.717, 1.165) is 22.2 Å². The van der Waals surface area contributed by atoms with Gasteiger partial charge in [-0.15, -0.1) is 0 Å². The Hall–Kier alpha value is -3.38. The van der Waals surface area contributed by atoms with E-state index in [4.69, 9.17) is 14.2 Å². The minimum Gasteiger partial charge on any atom is -0.490 e. The first-order valence-corrected chi connectivity index (χ1v) is 12.1. The number of ether oxygens (including phenoxy) is 3. The Morgan fingerprint density at radius 1 is 1.11 bits per heavy atom. The molecule has 0 atom stereocenters. The van der Waals surface area contributed by atoms with Gasteiger partial charge in [-0.1, -0.05) is 15.9 Å². The fourth-order valence-electron chi connectivity index (χ4n) is 3.03. The lowest BCUT2D eigenvalue weighted by Crippen LogP contribution is -2.34. The lowest BCUT2D eigenvalue weighted by Gasteiger charge is -2.14. The number of non-ortho nitro benzene ring substituents is 1. The van der Waals surface area contributed by atoms with Gasteiger partial charge in [-0.3, -0.25) is 29.4 Å². The molecule has 12 heteroatoms. The molecule has 2 aromatic carbocycles. The molecule has 0 radical (unpaired) electrons. The van der Waals surface area contributed by atoms with Gasteiger partial charge in [0.15, 0.2) is 11.5 Å². The second-order valence-electron chi connectivity index (χ2n) is 7.04. The smallest absolute Gasteiger partial charge is 0.326 e. The fraction of sp³-hybridized carbons (Fsp3) is 0.261. The van der Waals surface area contributed by atoms with Crippen molar-refractivity contribution in [1.82, 2.24) is 4.90 Å². The van der Waals surface area contributed by atoms with Gasteiger partial charge in [-0.25, -0.2) is 0 Å². The number of benzene rings is 2. The third kappa shape index (κ3) is 6.61. The van der Waals surface area contributed by atoms with E-state index >= 15 is 0 Å². The number of carbonyl (C=O) groups excluding carboxylic acids is 3. The van der Waals surface area contributed by atoms with Gasteiger partial charge >= 0.3 is 5.97 Å². The Morgan fingerprint density at radius 3 is 2.43 bits per heavy atom. The number of hydrogen-bond donors (Lipinski definition) is 0. The van der Waals surface area contributed by atoms with Gasteiger partial charge in [0.05, 0.1) is 23.0 Å². The molecule has 0 aromatic heterocycles. The number of carbonyl (C=O) groups is 3. The Kier molecular flexibility index (Phi) is 8.88. The quantitative estimate of drug-likeness (QED) is 0.171. The maximum absolute atomic E-state index is 12.7. The number of rotatable bonds is 10. The molecule has 35 heavy (non-hydrogen) atoms. The van der Waals surface area contributed by atoms with Crippen LogP contribution in [0.1, 0.15) is 25.0 Å². The van der Waals surface area contributed by atoms with Gasteiger partial charge in [0, 0.05) is 16.6 Å². The second kappa shape index (κ2) is 11.8. The van der Waals surface area contributed by atoms with Crippen LogP contribution in [0.4, 0.5) is 10.5 Å². The van der Waals surface area contributed by atoms with Crippen LogP contribution in [0.5, 0.6) is 11.5 Å². The van der Waals surface area contributed by atoms with Crippen molar-refractivity contribution in [1.29, 1.82) is 0 Å². The molecule has 0 bridgehead atoms. The summed E-state index contributed by atoms with van der Waals surface area (Å²) in [5.74, 6) is -0.416. The van der Waals surface area contributed by atoms with Gasteiger partial charge < -0.3 is 14.2 Å². The predicted molar refractivity (Wildman–Crippen MR) is 132 cm³/mol. The van der Waals surface area contributed by atoms with Gasteiger partial charge in [0.25, 0.3) is 16.8 Å². The highest BCUT2D eigenvalue weighted by molar-refractivity contribution is 9.10. The van der Waals surface area contributed by atoms with E-state index in [1.165, 1.54) is 18.2 Å². The second-order valence-corrected chi connectivity index (χ2v) is 8.89. The van der Waals surface area contributed by atoms with Crippen molar-refractivity contribution in [2.75, 3.05) is 19.8 Å². The number of nitrogens with zero attached hydrogens (tertiary/aromatic N) is 2. The fourth-order valence-corrected chi connectivity index (χ4v) is 4.30. The van der Waals surface area contributed by atoms with Gasteiger partial charge in [-0.05, 0) is 67.1 Å². The van der Waals surface area contributed by atoms with E-state index in [1.807, 2.05) is 6.92 Å². The lowest BCUT2D eigenvalue weighted by atomic mass is 10.1. The molecule has 1 aliphatic heterocycles. The SMILES string of the molecule is CCOC(=O)CN1C(=O)S/C(=C/c2cc(OCC)c(OCc3ccc([N+](=O)[O-])cc3)cc2Br)C1=O. The minimum absolute atomic E-state index is 0.0116. The standard InChI is InChI=1S/C23H21BrN2O8S/c1-3-32-18-9-15(10-20-22(28)25(23(29)35-20)12-21(27)33-4-2)17(24)11-19(18)34-13-14-5-7-16(8-6-14)26(30)31/h5-11H,3-4,12-13H2,1-2H3/b20-10+. The molecule has 1 fully saturated rings. The van der Waals surface area contributed by atoms with Gasteiger partial charge in [0.1, 0.15) is 13.2 Å². The van der Waals surface area contributed by atoms with Gasteiger partial charge in [0.2, 0.25) is 0 Å². The average Bonchev–Trinajstić information content (AvgIpc) is 3.08. The molecular formula is C23H21BrN2O8S. The van der Waals surface area contributed by atoms with Crippen molar-refractivity contribution in [3.05, 3.63) is 67.0 Å². The van der Waals surface area contributed by atoms with Crippen LogP contribution in [-0.2, 0) is 20.9 Å². The number of nitro groups is 1. The van der Waals surface area contributed by atoms with Crippen molar-refractivity contribution in [2.24, 2.45) is 0 Å². The molecule has 1 saturated heterocycles. The topological polar surface area (TPSA) is 125 Å². The minimum atomic E-state index is -0.662. The monoisotopic (exact) mass is 564 g/mol. The summed E-state index contributed by atoms with van der Waals surface area (Å²) < 4.78 is 17.0. The first-order chi connectivity index (χ1) is 16.7. The molecule has 184 valence electrons. The van der Waals surface area contributed by atoms with E-state index in [1.54, 1.807) is 31.2 Å². The summed E-state index contributed by atoms with van der Waals surface area (Å²) >= 11 is 4.18. The van der Waals surface area contributed by atoms with Crippen LogP contribution in [0.2, 0.25) is 0 Å². The predicted octanol–water partition coefficient (Wildman–Crippen LogP) is 4.93. The number of nitro benzene ring substituents is 1.